The first-order valence-electron chi connectivity index (χ1n) is 13.8. The van der Waals surface area contributed by atoms with E-state index in [0.717, 1.165) is 11.3 Å². The zero-order valence-corrected chi connectivity index (χ0v) is 25.4. The van der Waals surface area contributed by atoms with Crippen molar-refractivity contribution in [2.45, 2.75) is 51.8 Å². The molecule has 0 aliphatic carbocycles. The van der Waals surface area contributed by atoms with Crippen molar-refractivity contribution in [1.82, 2.24) is 14.0 Å². The summed E-state index contributed by atoms with van der Waals surface area (Å²) < 4.78 is 47.8. The topological polar surface area (TPSA) is 92.0 Å². The molecule has 0 saturated carbocycles. The van der Waals surface area contributed by atoms with E-state index < -0.39 is 40.6 Å². The molecule has 43 heavy (non-hydrogen) atoms. The number of hydrogen-bond acceptors (Lipinski definition) is 7. The Morgan fingerprint density at radius 3 is 2.28 bits per heavy atom. The number of hydrogen-bond donors (Lipinski definition) is 0. The second-order valence-electron chi connectivity index (χ2n) is 11.4. The summed E-state index contributed by atoms with van der Waals surface area (Å²) in [5.41, 5.74) is -0.400. The number of nitrogens with zero attached hydrogens (tertiary/aromatic N) is 3. The molecule has 1 amide bonds. The number of carbonyl (C=O) groups excluding carboxylic acids is 1. The van der Waals surface area contributed by atoms with Crippen LogP contribution in [0, 0.1) is 11.6 Å². The van der Waals surface area contributed by atoms with E-state index in [2.05, 4.69) is 0 Å². The van der Waals surface area contributed by atoms with E-state index in [1.807, 2.05) is 0 Å². The molecule has 1 aliphatic heterocycles. The summed E-state index contributed by atoms with van der Waals surface area (Å²) in [5.74, 6) is -0.580. The maximum atomic E-state index is 14.6. The largest absolute Gasteiger partial charge is 0.496 e. The number of thiophene rings is 1. The van der Waals surface area contributed by atoms with Gasteiger partial charge in [-0.2, -0.15) is 0 Å². The fourth-order valence-electron chi connectivity index (χ4n) is 5.27. The normalized spacial score (nSPS) is 14.3. The van der Waals surface area contributed by atoms with Crippen LogP contribution in [0.4, 0.5) is 13.6 Å². The van der Waals surface area contributed by atoms with Crippen LogP contribution in [0.15, 0.2) is 52.1 Å². The van der Waals surface area contributed by atoms with E-state index >= 15 is 0 Å². The van der Waals surface area contributed by atoms with E-state index in [4.69, 9.17) is 14.2 Å². The number of ether oxygens (including phenoxy) is 3. The number of methoxy groups -OCH3 is 2. The van der Waals surface area contributed by atoms with Crippen molar-refractivity contribution in [2.24, 2.45) is 0 Å². The predicted octanol–water partition coefficient (Wildman–Crippen LogP) is 5.81. The fraction of sp³-hybridized carbons (Fsp3) is 0.387. The maximum Gasteiger partial charge on any atom is 0.410 e. The Morgan fingerprint density at radius 2 is 1.65 bits per heavy atom. The van der Waals surface area contributed by atoms with Gasteiger partial charge in [-0.15, -0.1) is 11.3 Å². The van der Waals surface area contributed by atoms with Gasteiger partial charge in [-0.05, 0) is 75.6 Å². The molecule has 3 heterocycles. The Kier molecular flexibility index (Phi) is 8.33. The molecule has 2 aromatic heterocycles. The quantitative estimate of drug-likeness (QED) is 0.273. The first-order valence-corrected chi connectivity index (χ1v) is 14.6. The average Bonchev–Trinajstić information content (AvgIpc) is 3.41. The van der Waals surface area contributed by atoms with Crippen LogP contribution in [0.2, 0.25) is 0 Å². The predicted molar refractivity (Wildman–Crippen MR) is 160 cm³/mol. The van der Waals surface area contributed by atoms with Crippen molar-refractivity contribution in [2.75, 3.05) is 27.3 Å². The third-order valence-electron chi connectivity index (χ3n) is 7.32. The second-order valence-corrected chi connectivity index (χ2v) is 12.4. The highest BCUT2D eigenvalue weighted by molar-refractivity contribution is 7.22. The van der Waals surface area contributed by atoms with E-state index in [-0.39, 0.29) is 12.3 Å². The average molecular weight is 614 g/mol. The molecule has 228 valence electrons. The number of likely N-dealkylation sites (tertiary alicyclic amines) is 1. The van der Waals surface area contributed by atoms with E-state index in [9.17, 15) is 23.2 Å². The molecule has 2 aromatic carbocycles. The van der Waals surface area contributed by atoms with E-state index in [1.54, 1.807) is 37.8 Å². The molecule has 0 atom stereocenters. The summed E-state index contributed by atoms with van der Waals surface area (Å²) in [6.07, 6.45) is 0.291. The highest BCUT2D eigenvalue weighted by Crippen LogP contribution is 2.38. The van der Waals surface area contributed by atoms with Crippen LogP contribution in [0.25, 0.3) is 20.7 Å². The molecule has 4 aromatic rings. The monoisotopic (exact) mass is 613 g/mol. The molecule has 0 N–H and O–H groups in total. The maximum absolute atomic E-state index is 14.6. The van der Waals surface area contributed by atoms with Crippen molar-refractivity contribution in [3.8, 4) is 21.9 Å². The summed E-state index contributed by atoms with van der Waals surface area (Å²) in [4.78, 5) is 42.7. The van der Waals surface area contributed by atoms with Crippen LogP contribution in [-0.4, -0.2) is 53.0 Å². The Labute approximate surface area is 250 Å². The number of piperidine rings is 1. The molecule has 0 unspecified atom stereocenters. The molecule has 9 nitrogen and oxygen atoms in total. The highest BCUT2D eigenvalue weighted by Gasteiger charge is 2.30. The lowest BCUT2D eigenvalue weighted by atomic mass is 10.1. The Morgan fingerprint density at radius 1 is 0.977 bits per heavy atom. The third kappa shape index (κ3) is 6.15. The zero-order valence-electron chi connectivity index (χ0n) is 24.6. The van der Waals surface area contributed by atoms with Crippen molar-refractivity contribution in [3.63, 3.8) is 0 Å². The third-order valence-corrected chi connectivity index (χ3v) is 8.46. The first-order chi connectivity index (χ1) is 20.4. The van der Waals surface area contributed by atoms with Crippen molar-refractivity contribution in [1.29, 1.82) is 0 Å². The second kappa shape index (κ2) is 11.8. The number of amides is 1. The lowest BCUT2D eigenvalue weighted by Crippen LogP contribution is -2.47. The summed E-state index contributed by atoms with van der Waals surface area (Å²) in [5, 5.41) is 0. The fourth-order valence-corrected chi connectivity index (χ4v) is 6.39. The van der Waals surface area contributed by atoms with Crippen molar-refractivity contribution < 1.29 is 27.8 Å². The molecular formula is C31H33F2N3O6S. The molecule has 1 saturated heterocycles. The van der Waals surface area contributed by atoms with Crippen LogP contribution in [-0.2, 0) is 11.3 Å². The minimum atomic E-state index is -0.647. The van der Waals surface area contributed by atoms with Gasteiger partial charge in [0.1, 0.15) is 21.9 Å². The number of aromatic nitrogens is 2. The van der Waals surface area contributed by atoms with Gasteiger partial charge in [0.05, 0.1) is 26.3 Å². The van der Waals surface area contributed by atoms with Crippen LogP contribution >= 0.6 is 11.3 Å². The smallest absolute Gasteiger partial charge is 0.410 e. The Balaban J connectivity index is 1.61. The standard InChI is InChI=1S/C31H33F2N3O6S/c1-31(2,3)42-30(39)34-12-10-20(11-13-34)36-28(37)27-23(16-26(43-27)21-15-19(32)7-9-24(21)40-4)35(29(36)38)17-18-6-8-25(41-5)22(33)14-18/h6-9,14-16,20H,10-13,17H2,1-5H3. The molecule has 12 heteroatoms. The van der Waals surface area contributed by atoms with Gasteiger partial charge in [0.15, 0.2) is 11.6 Å². The summed E-state index contributed by atoms with van der Waals surface area (Å²) >= 11 is 1.13. The van der Waals surface area contributed by atoms with Gasteiger partial charge in [0.2, 0.25) is 0 Å². The highest BCUT2D eigenvalue weighted by atomic mass is 32.1. The summed E-state index contributed by atoms with van der Waals surface area (Å²) in [6.45, 7) is 5.96. The van der Waals surface area contributed by atoms with Gasteiger partial charge in [0, 0.05) is 29.6 Å². The summed E-state index contributed by atoms with van der Waals surface area (Å²) in [6, 6.07) is 9.69. The minimum Gasteiger partial charge on any atom is -0.496 e. The van der Waals surface area contributed by atoms with Gasteiger partial charge < -0.3 is 19.1 Å². The van der Waals surface area contributed by atoms with Crippen LogP contribution in [0.1, 0.15) is 45.2 Å². The number of halogens is 2. The van der Waals surface area contributed by atoms with Crippen LogP contribution in [0.5, 0.6) is 11.5 Å². The molecule has 0 radical (unpaired) electrons. The van der Waals surface area contributed by atoms with Crippen LogP contribution < -0.4 is 20.7 Å². The molecular weight excluding hydrogens is 580 g/mol. The number of carbonyl (C=O) groups is 1. The molecule has 1 aliphatic rings. The van der Waals surface area contributed by atoms with Gasteiger partial charge in [0.25, 0.3) is 5.56 Å². The number of fused-ring (bicyclic) bond motifs is 1. The van der Waals surface area contributed by atoms with Gasteiger partial charge in [-0.3, -0.25) is 13.9 Å². The van der Waals surface area contributed by atoms with Gasteiger partial charge in [-0.25, -0.2) is 18.4 Å². The van der Waals surface area contributed by atoms with Crippen molar-refractivity contribution >= 4 is 27.6 Å². The van der Waals surface area contributed by atoms with Crippen molar-refractivity contribution in [3.05, 3.63) is 80.5 Å². The van der Waals surface area contributed by atoms with Crippen LogP contribution in [0.3, 0.4) is 0 Å². The Hall–Kier alpha value is -4.19. The molecule has 5 rings (SSSR count). The lowest BCUT2D eigenvalue weighted by molar-refractivity contribution is 0.0186. The van der Waals surface area contributed by atoms with E-state index in [0.29, 0.717) is 57.9 Å². The molecule has 0 bridgehead atoms. The first kappa shape index (κ1) is 30.3. The molecule has 1 fully saturated rings. The lowest BCUT2D eigenvalue weighted by Gasteiger charge is -2.34. The summed E-state index contributed by atoms with van der Waals surface area (Å²) in [7, 11) is 2.83. The van der Waals surface area contributed by atoms with Gasteiger partial charge in [-0.1, -0.05) is 6.07 Å². The SMILES string of the molecule is COc1ccc(Cn2c(=O)n(C3CCN(C(=O)OC(C)(C)C)CC3)c(=O)c3sc(-c4cc(F)ccc4OC)cc32)cc1F. The Bertz CT molecular complexity index is 1800. The minimum absolute atomic E-state index is 0.0241. The van der Waals surface area contributed by atoms with Gasteiger partial charge >= 0.3 is 11.8 Å². The number of benzene rings is 2. The zero-order chi connectivity index (χ0) is 31.1. The molecule has 0 spiro atoms. The van der Waals surface area contributed by atoms with E-state index in [1.165, 1.54) is 53.7 Å². The number of rotatable bonds is 6.